The van der Waals surface area contributed by atoms with Gasteiger partial charge in [-0.05, 0) is 12.1 Å². The van der Waals surface area contributed by atoms with Crippen LogP contribution < -0.4 is 10.0 Å². The Morgan fingerprint density at radius 3 is 2.37 bits per heavy atom. The van der Waals surface area contributed by atoms with Crippen LogP contribution in [0, 0.1) is 0 Å². The van der Waals surface area contributed by atoms with Gasteiger partial charge < -0.3 is 10.1 Å². The van der Waals surface area contributed by atoms with Gasteiger partial charge in [-0.1, -0.05) is 29.3 Å². The molecule has 0 aliphatic rings. The molecule has 1 aromatic rings. The highest BCUT2D eigenvalue weighted by atomic mass is 35.5. The molecule has 0 aliphatic carbocycles. The van der Waals surface area contributed by atoms with Gasteiger partial charge in [-0.15, -0.1) is 0 Å². The second kappa shape index (κ2) is 8.04. The second-order valence-electron chi connectivity index (χ2n) is 3.69. The van der Waals surface area contributed by atoms with Crippen LogP contribution in [0.4, 0.5) is 0 Å². The van der Waals surface area contributed by atoms with Crippen LogP contribution in [0.2, 0.25) is 10.0 Å². The first kappa shape index (κ1) is 16.7. The molecule has 0 heterocycles. The first-order chi connectivity index (χ1) is 8.99. The van der Waals surface area contributed by atoms with E-state index in [-0.39, 0.29) is 21.5 Å². The lowest BCUT2D eigenvalue weighted by Gasteiger charge is -2.10. The van der Waals surface area contributed by atoms with Crippen molar-refractivity contribution in [3.63, 3.8) is 0 Å². The number of hydrogen-bond donors (Lipinski definition) is 2. The van der Waals surface area contributed by atoms with Gasteiger partial charge in [-0.25, -0.2) is 13.1 Å². The molecule has 108 valence electrons. The van der Waals surface area contributed by atoms with Crippen molar-refractivity contribution in [3.8, 4) is 0 Å². The van der Waals surface area contributed by atoms with Crippen molar-refractivity contribution >= 4 is 33.2 Å². The quantitative estimate of drug-likeness (QED) is 0.710. The van der Waals surface area contributed by atoms with E-state index in [9.17, 15) is 8.42 Å². The van der Waals surface area contributed by atoms with Crippen molar-refractivity contribution in [2.45, 2.75) is 4.90 Å². The monoisotopic (exact) mass is 326 g/mol. The average molecular weight is 327 g/mol. The number of nitrogens with one attached hydrogen (secondary N) is 2. The topological polar surface area (TPSA) is 67.4 Å². The van der Waals surface area contributed by atoms with Crippen molar-refractivity contribution < 1.29 is 13.2 Å². The Balaban J connectivity index is 2.57. The van der Waals surface area contributed by atoms with E-state index in [1.807, 2.05) is 0 Å². The Morgan fingerprint density at radius 2 is 1.79 bits per heavy atom. The Hall–Kier alpha value is -0.370. The van der Waals surface area contributed by atoms with Gasteiger partial charge in [0.05, 0.1) is 16.7 Å². The Labute approximate surface area is 123 Å². The number of rotatable bonds is 8. The van der Waals surface area contributed by atoms with E-state index in [0.717, 1.165) is 0 Å². The van der Waals surface area contributed by atoms with Gasteiger partial charge >= 0.3 is 0 Å². The zero-order valence-electron chi connectivity index (χ0n) is 10.4. The van der Waals surface area contributed by atoms with Gasteiger partial charge in [0.25, 0.3) is 0 Å². The molecule has 1 rings (SSSR count). The lowest BCUT2D eigenvalue weighted by atomic mass is 10.4. The normalized spacial score (nSPS) is 11.7. The summed E-state index contributed by atoms with van der Waals surface area (Å²) in [5.41, 5.74) is 0. The molecule has 0 bridgehead atoms. The minimum Gasteiger partial charge on any atom is -0.383 e. The number of sulfonamides is 1. The molecule has 0 spiro atoms. The van der Waals surface area contributed by atoms with E-state index >= 15 is 0 Å². The molecule has 2 N–H and O–H groups in total. The molecule has 5 nitrogen and oxygen atoms in total. The summed E-state index contributed by atoms with van der Waals surface area (Å²) in [7, 11) is -2.10. The number of hydrogen-bond acceptors (Lipinski definition) is 4. The Morgan fingerprint density at radius 1 is 1.16 bits per heavy atom. The average Bonchev–Trinajstić information content (AvgIpc) is 2.33. The number of benzene rings is 1. The minimum absolute atomic E-state index is 0.0878. The molecule has 8 heteroatoms. The molecule has 0 fully saturated rings. The summed E-state index contributed by atoms with van der Waals surface area (Å²) < 4.78 is 31.3. The zero-order chi connectivity index (χ0) is 14.3. The summed E-state index contributed by atoms with van der Waals surface area (Å²) in [6.07, 6.45) is 0. The third-order valence-corrected chi connectivity index (χ3v) is 4.68. The van der Waals surface area contributed by atoms with Crippen LogP contribution in [0.15, 0.2) is 23.1 Å². The SMILES string of the molecule is COCCNCCNS(=O)(=O)c1c(Cl)cccc1Cl. The lowest BCUT2D eigenvalue weighted by molar-refractivity contribution is 0.199. The summed E-state index contributed by atoms with van der Waals surface area (Å²) in [6.45, 7) is 1.96. The fraction of sp³-hybridized carbons (Fsp3) is 0.455. The second-order valence-corrected chi connectivity index (χ2v) is 6.21. The van der Waals surface area contributed by atoms with Crippen LogP contribution in [0.5, 0.6) is 0 Å². The highest BCUT2D eigenvalue weighted by Gasteiger charge is 2.20. The summed E-state index contributed by atoms with van der Waals surface area (Å²) in [5.74, 6) is 0. The molecule has 0 aliphatic heterocycles. The molecular formula is C11H16Cl2N2O3S. The fourth-order valence-electron chi connectivity index (χ4n) is 1.38. The smallest absolute Gasteiger partial charge is 0.243 e. The molecule has 0 saturated heterocycles. The van der Waals surface area contributed by atoms with Crippen LogP contribution in [0.25, 0.3) is 0 Å². The van der Waals surface area contributed by atoms with E-state index in [2.05, 4.69) is 10.0 Å². The van der Waals surface area contributed by atoms with Crippen molar-refractivity contribution in [1.82, 2.24) is 10.0 Å². The van der Waals surface area contributed by atoms with E-state index in [4.69, 9.17) is 27.9 Å². The van der Waals surface area contributed by atoms with Gasteiger partial charge in [-0.3, -0.25) is 0 Å². The maximum Gasteiger partial charge on any atom is 0.243 e. The van der Waals surface area contributed by atoms with Gasteiger partial charge in [0.15, 0.2) is 0 Å². The fourth-order valence-corrected chi connectivity index (χ4v) is 3.56. The van der Waals surface area contributed by atoms with Gasteiger partial charge in [0.2, 0.25) is 10.0 Å². The molecule has 1 aromatic carbocycles. The number of ether oxygens (including phenoxy) is 1. The summed E-state index contributed by atoms with van der Waals surface area (Å²) in [6, 6.07) is 4.56. The summed E-state index contributed by atoms with van der Waals surface area (Å²) in [5, 5.41) is 3.23. The van der Waals surface area contributed by atoms with Crippen LogP contribution >= 0.6 is 23.2 Å². The molecule has 0 amide bonds. The van der Waals surface area contributed by atoms with Crippen molar-refractivity contribution in [1.29, 1.82) is 0 Å². The number of halogens is 2. The minimum atomic E-state index is -3.70. The van der Waals surface area contributed by atoms with E-state index in [0.29, 0.717) is 19.7 Å². The lowest BCUT2D eigenvalue weighted by Crippen LogP contribution is -2.33. The molecule has 0 unspecified atom stereocenters. The standard InChI is InChI=1S/C11H16Cl2N2O3S/c1-18-8-7-14-5-6-15-19(16,17)11-9(12)3-2-4-10(11)13/h2-4,14-15H,5-8H2,1H3. The number of methoxy groups -OCH3 is 1. The summed E-state index contributed by atoms with van der Waals surface area (Å²) >= 11 is 11.7. The Kier molecular flexibility index (Phi) is 7.06. The first-order valence-corrected chi connectivity index (χ1v) is 7.86. The van der Waals surface area contributed by atoms with Gasteiger partial charge in [-0.2, -0.15) is 0 Å². The van der Waals surface area contributed by atoms with Gasteiger partial charge in [0, 0.05) is 26.7 Å². The summed E-state index contributed by atoms with van der Waals surface area (Å²) in [4.78, 5) is -0.0878. The van der Waals surface area contributed by atoms with E-state index < -0.39 is 10.0 Å². The molecule has 19 heavy (non-hydrogen) atoms. The third kappa shape index (κ3) is 5.25. The molecule has 0 radical (unpaired) electrons. The predicted octanol–water partition coefficient (Wildman–Crippen LogP) is 1.51. The third-order valence-electron chi connectivity index (χ3n) is 2.26. The van der Waals surface area contributed by atoms with Crippen LogP contribution in [0.1, 0.15) is 0 Å². The van der Waals surface area contributed by atoms with E-state index in [1.54, 1.807) is 13.2 Å². The van der Waals surface area contributed by atoms with Crippen LogP contribution in [-0.2, 0) is 14.8 Å². The molecule has 0 saturated carbocycles. The molecular weight excluding hydrogens is 311 g/mol. The van der Waals surface area contributed by atoms with Crippen molar-refractivity contribution in [3.05, 3.63) is 28.2 Å². The van der Waals surface area contributed by atoms with Crippen LogP contribution in [0.3, 0.4) is 0 Å². The van der Waals surface area contributed by atoms with Crippen molar-refractivity contribution in [2.24, 2.45) is 0 Å². The van der Waals surface area contributed by atoms with E-state index in [1.165, 1.54) is 12.1 Å². The Bertz CT molecular complexity index is 488. The van der Waals surface area contributed by atoms with Crippen LogP contribution in [-0.4, -0.2) is 41.8 Å². The van der Waals surface area contributed by atoms with Crippen molar-refractivity contribution in [2.75, 3.05) is 33.4 Å². The highest BCUT2D eigenvalue weighted by molar-refractivity contribution is 7.89. The zero-order valence-corrected chi connectivity index (χ0v) is 12.8. The predicted molar refractivity (Wildman–Crippen MR) is 76.4 cm³/mol. The largest absolute Gasteiger partial charge is 0.383 e. The maximum atomic E-state index is 12.0. The molecule has 0 aromatic heterocycles. The highest BCUT2D eigenvalue weighted by Crippen LogP contribution is 2.28. The first-order valence-electron chi connectivity index (χ1n) is 5.62. The molecule has 0 atom stereocenters. The van der Waals surface area contributed by atoms with Gasteiger partial charge in [0.1, 0.15) is 4.90 Å². The maximum absolute atomic E-state index is 12.0.